The third kappa shape index (κ3) is 2.76. The lowest BCUT2D eigenvalue weighted by Gasteiger charge is -1.99. The molecule has 1 nitrogen and oxygen atoms in total. The first-order valence-electron chi connectivity index (χ1n) is 6.19. The van der Waals surface area contributed by atoms with Crippen molar-refractivity contribution in [3.8, 4) is 10.4 Å². The van der Waals surface area contributed by atoms with Gasteiger partial charge in [0, 0.05) is 17.5 Å². The van der Waals surface area contributed by atoms with E-state index in [0.29, 0.717) is 0 Å². The summed E-state index contributed by atoms with van der Waals surface area (Å²) in [5.41, 5.74) is 4.07. The minimum atomic E-state index is 0.790. The zero-order valence-electron chi connectivity index (χ0n) is 10.1. The molecule has 1 fully saturated rings. The highest BCUT2D eigenvalue weighted by atomic mass is 32.1. The highest BCUT2D eigenvalue weighted by Gasteiger charge is 2.20. The molecule has 1 aliphatic carbocycles. The summed E-state index contributed by atoms with van der Waals surface area (Å²) in [4.78, 5) is 1.37. The molecular formula is C15H17NS. The highest BCUT2D eigenvalue weighted by molar-refractivity contribution is 7.13. The standard InChI is InChI=1S/C15H17NS/c1-11-2-4-13(5-3-11)15-8-12(10-17-15)9-16-14-6-7-14/h2-5,8,10,14,16H,6-7,9H2,1H3. The lowest BCUT2D eigenvalue weighted by atomic mass is 10.1. The maximum Gasteiger partial charge on any atom is 0.0346 e. The summed E-state index contributed by atoms with van der Waals surface area (Å²) in [6.45, 7) is 3.15. The van der Waals surface area contributed by atoms with Crippen LogP contribution < -0.4 is 5.32 Å². The summed E-state index contributed by atoms with van der Waals surface area (Å²) in [6.07, 6.45) is 2.71. The highest BCUT2D eigenvalue weighted by Crippen LogP contribution is 2.28. The van der Waals surface area contributed by atoms with E-state index in [9.17, 15) is 0 Å². The molecular weight excluding hydrogens is 226 g/mol. The second-order valence-corrected chi connectivity index (χ2v) is 5.75. The Labute approximate surface area is 106 Å². The fourth-order valence-electron chi connectivity index (χ4n) is 1.89. The van der Waals surface area contributed by atoms with Gasteiger partial charge >= 0.3 is 0 Å². The summed E-state index contributed by atoms with van der Waals surface area (Å²) in [7, 11) is 0. The van der Waals surface area contributed by atoms with Gasteiger partial charge < -0.3 is 5.32 Å². The molecule has 1 saturated carbocycles. The molecule has 88 valence electrons. The molecule has 1 aromatic heterocycles. The monoisotopic (exact) mass is 243 g/mol. The topological polar surface area (TPSA) is 12.0 Å². The van der Waals surface area contributed by atoms with Crippen molar-refractivity contribution in [3.63, 3.8) is 0 Å². The minimum absolute atomic E-state index is 0.790. The molecule has 0 atom stereocenters. The Bertz CT molecular complexity index is 494. The average Bonchev–Trinajstić information content (AvgIpc) is 3.06. The van der Waals surface area contributed by atoms with Crippen molar-refractivity contribution < 1.29 is 0 Å². The normalized spacial score (nSPS) is 15.1. The number of rotatable bonds is 4. The molecule has 0 aliphatic heterocycles. The third-order valence-corrected chi connectivity index (χ3v) is 4.19. The van der Waals surface area contributed by atoms with Gasteiger partial charge in [0.05, 0.1) is 0 Å². The van der Waals surface area contributed by atoms with Crippen molar-refractivity contribution in [1.82, 2.24) is 5.32 Å². The van der Waals surface area contributed by atoms with E-state index in [1.165, 1.54) is 34.4 Å². The Balaban J connectivity index is 1.72. The quantitative estimate of drug-likeness (QED) is 0.856. The van der Waals surface area contributed by atoms with Crippen LogP contribution in [0.3, 0.4) is 0 Å². The largest absolute Gasteiger partial charge is 0.310 e. The van der Waals surface area contributed by atoms with Crippen molar-refractivity contribution in [1.29, 1.82) is 0 Å². The van der Waals surface area contributed by atoms with Gasteiger partial charge in [-0.25, -0.2) is 0 Å². The molecule has 0 saturated heterocycles. The predicted molar refractivity (Wildman–Crippen MR) is 74.4 cm³/mol. The number of hydrogen-bond acceptors (Lipinski definition) is 2. The zero-order valence-corrected chi connectivity index (χ0v) is 10.9. The molecule has 1 aromatic carbocycles. The van der Waals surface area contributed by atoms with E-state index in [1.54, 1.807) is 0 Å². The molecule has 1 aliphatic rings. The van der Waals surface area contributed by atoms with Gasteiger partial charge in [0.2, 0.25) is 0 Å². The van der Waals surface area contributed by atoms with Crippen LogP contribution in [0.2, 0.25) is 0 Å². The predicted octanol–water partition coefficient (Wildman–Crippen LogP) is 3.98. The molecule has 3 rings (SSSR count). The lowest BCUT2D eigenvalue weighted by molar-refractivity contribution is 0.689. The van der Waals surface area contributed by atoms with Gasteiger partial charge in [-0.3, -0.25) is 0 Å². The van der Waals surface area contributed by atoms with Crippen molar-refractivity contribution in [2.75, 3.05) is 0 Å². The molecule has 17 heavy (non-hydrogen) atoms. The van der Waals surface area contributed by atoms with Crippen molar-refractivity contribution in [2.24, 2.45) is 0 Å². The van der Waals surface area contributed by atoms with Gasteiger partial charge in [0.1, 0.15) is 0 Å². The van der Waals surface area contributed by atoms with Crippen molar-refractivity contribution in [2.45, 2.75) is 32.4 Å². The van der Waals surface area contributed by atoms with Gasteiger partial charge in [0.25, 0.3) is 0 Å². The third-order valence-electron chi connectivity index (χ3n) is 3.16. The summed E-state index contributed by atoms with van der Waals surface area (Å²) in [5, 5.41) is 5.82. The van der Waals surface area contributed by atoms with Crippen LogP contribution in [0.4, 0.5) is 0 Å². The van der Waals surface area contributed by atoms with Crippen LogP contribution in [-0.2, 0) is 6.54 Å². The molecule has 0 spiro atoms. The molecule has 0 radical (unpaired) electrons. The molecule has 2 heteroatoms. The number of benzene rings is 1. The van der Waals surface area contributed by atoms with Crippen LogP contribution in [0.5, 0.6) is 0 Å². The van der Waals surface area contributed by atoms with E-state index in [0.717, 1.165) is 12.6 Å². The molecule has 1 heterocycles. The second-order valence-electron chi connectivity index (χ2n) is 4.84. The van der Waals surface area contributed by atoms with Crippen LogP contribution in [0.25, 0.3) is 10.4 Å². The van der Waals surface area contributed by atoms with E-state index in [4.69, 9.17) is 0 Å². The first kappa shape index (κ1) is 11.0. The van der Waals surface area contributed by atoms with E-state index in [-0.39, 0.29) is 0 Å². The fraction of sp³-hybridized carbons (Fsp3) is 0.333. The minimum Gasteiger partial charge on any atom is -0.310 e. The smallest absolute Gasteiger partial charge is 0.0346 e. The van der Waals surface area contributed by atoms with E-state index >= 15 is 0 Å². The lowest BCUT2D eigenvalue weighted by Crippen LogP contribution is -2.14. The van der Waals surface area contributed by atoms with Crippen LogP contribution in [0.15, 0.2) is 35.7 Å². The van der Waals surface area contributed by atoms with Gasteiger partial charge in [-0.2, -0.15) is 0 Å². The van der Waals surface area contributed by atoms with Crippen molar-refractivity contribution >= 4 is 11.3 Å². The fourth-order valence-corrected chi connectivity index (χ4v) is 2.81. The van der Waals surface area contributed by atoms with E-state index in [2.05, 4.69) is 48.0 Å². The molecule has 1 N–H and O–H groups in total. The Kier molecular flexibility index (Phi) is 3.00. The average molecular weight is 243 g/mol. The van der Waals surface area contributed by atoms with Crippen LogP contribution in [-0.4, -0.2) is 6.04 Å². The first-order chi connectivity index (χ1) is 8.31. The van der Waals surface area contributed by atoms with E-state index in [1.807, 2.05) is 11.3 Å². The summed E-state index contributed by atoms with van der Waals surface area (Å²) in [6, 6.07) is 11.9. The zero-order chi connectivity index (χ0) is 11.7. The maximum atomic E-state index is 3.55. The SMILES string of the molecule is Cc1ccc(-c2cc(CNC3CC3)cs2)cc1. The Morgan fingerprint density at radius 1 is 1.24 bits per heavy atom. The summed E-state index contributed by atoms with van der Waals surface area (Å²) in [5.74, 6) is 0. The maximum absolute atomic E-state index is 3.55. The van der Waals surface area contributed by atoms with Gasteiger partial charge in [0.15, 0.2) is 0 Å². The van der Waals surface area contributed by atoms with Gasteiger partial charge in [-0.15, -0.1) is 11.3 Å². The molecule has 0 bridgehead atoms. The summed E-state index contributed by atoms with van der Waals surface area (Å²) < 4.78 is 0. The molecule has 0 unspecified atom stereocenters. The first-order valence-corrected chi connectivity index (χ1v) is 7.07. The second kappa shape index (κ2) is 4.63. The number of nitrogens with one attached hydrogen (secondary N) is 1. The van der Waals surface area contributed by atoms with Crippen LogP contribution in [0.1, 0.15) is 24.0 Å². The van der Waals surface area contributed by atoms with Crippen LogP contribution >= 0.6 is 11.3 Å². The number of hydrogen-bond donors (Lipinski definition) is 1. The Morgan fingerprint density at radius 2 is 2.00 bits per heavy atom. The Hall–Kier alpha value is -1.12. The van der Waals surface area contributed by atoms with Gasteiger partial charge in [-0.05, 0) is 42.3 Å². The molecule has 0 amide bonds. The summed E-state index contributed by atoms with van der Waals surface area (Å²) >= 11 is 1.84. The number of thiophene rings is 1. The van der Waals surface area contributed by atoms with Crippen molar-refractivity contribution in [3.05, 3.63) is 46.8 Å². The van der Waals surface area contributed by atoms with Gasteiger partial charge in [-0.1, -0.05) is 29.8 Å². The van der Waals surface area contributed by atoms with E-state index < -0.39 is 0 Å². The molecule has 2 aromatic rings. The van der Waals surface area contributed by atoms with Crippen LogP contribution in [0, 0.1) is 6.92 Å². The number of aryl methyl sites for hydroxylation is 1. The Morgan fingerprint density at radius 3 is 2.71 bits per heavy atom.